The zero-order valence-corrected chi connectivity index (χ0v) is 13.6. The van der Waals surface area contributed by atoms with Crippen LogP contribution >= 0.6 is 39.1 Å². The van der Waals surface area contributed by atoms with E-state index in [-0.39, 0.29) is 0 Å². The summed E-state index contributed by atoms with van der Waals surface area (Å²) in [5, 5.41) is 12.7. The van der Waals surface area contributed by atoms with Crippen LogP contribution in [0.25, 0.3) is 17.1 Å². The third kappa shape index (κ3) is 2.62. The van der Waals surface area contributed by atoms with Gasteiger partial charge >= 0.3 is 0 Å². The zero-order chi connectivity index (χ0) is 15.0. The Labute approximate surface area is 138 Å². The standard InChI is InChI=1S/C13H8BrCl2N5/c14-8-5-4-7(6-10(8)16)21-13(18-19-20-21)12-9(15)2-1-3-11(12)17/h1-6H,17H2. The van der Waals surface area contributed by atoms with Crippen LogP contribution < -0.4 is 5.73 Å². The number of anilines is 1. The molecule has 21 heavy (non-hydrogen) atoms. The van der Waals surface area contributed by atoms with Crippen LogP contribution in [0, 0.1) is 0 Å². The molecule has 8 heteroatoms. The van der Waals surface area contributed by atoms with Crippen molar-refractivity contribution in [2.45, 2.75) is 0 Å². The molecule has 0 amide bonds. The lowest BCUT2D eigenvalue weighted by molar-refractivity contribution is 0.791. The summed E-state index contributed by atoms with van der Waals surface area (Å²) in [7, 11) is 0. The monoisotopic (exact) mass is 383 g/mol. The van der Waals surface area contributed by atoms with Gasteiger partial charge in [0.25, 0.3) is 0 Å². The minimum atomic E-state index is 0.455. The van der Waals surface area contributed by atoms with E-state index in [2.05, 4.69) is 31.5 Å². The Morgan fingerprint density at radius 2 is 1.90 bits per heavy atom. The first kappa shape index (κ1) is 14.3. The molecule has 0 fully saturated rings. The molecule has 0 aliphatic heterocycles. The molecule has 1 heterocycles. The van der Waals surface area contributed by atoms with Crippen LogP contribution in [-0.2, 0) is 0 Å². The molecular formula is C13H8BrCl2N5. The fourth-order valence-electron chi connectivity index (χ4n) is 1.91. The summed E-state index contributed by atoms with van der Waals surface area (Å²) < 4.78 is 2.33. The van der Waals surface area contributed by atoms with Gasteiger partial charge in [0.1, 0.15) is 0 Å². The molecule has 1 aromatic heterocycles. The number of hydrogen-bond acceptors (Lipinski definition) is 4. The predicted octanol–water partition coefficient (Wildman–Crippen LogP) is 3.98. The van der Waals surface area contributed by atoms with Crippen molar-refractivity contribution in [2.24, 2.45) is 0 Å². The highest BCUT2D eigenvalue weighted by molar-refractivity contribution is 9.10. The van der Waals surface area contributed by atoms with Gasteiger partial charge in [-0.2, -0.15) is 4.68 Å². The van der Waals surface area contributed by atoms with Gasteiger partial charge in [0.2, 0.25) is 0 Å². The molecule has 0 unspecified atom stereocenters. The lowest BCUT2D eigenvalue weighted by Crippen LogP contribution is -2.02. The Morgan fingerprint density at radius 1 is 1.10 bits per heavy atom. The number of benzene rings is 2. The molecule has 0 bridgehead atoms. The quantitative estimate of drug-likeness (QED) is 0.678. The molecule has 2 aromatic carbocycles. The molecule has 0 saturated heterocycles. The van der Waals surface area contributed by atoms with Crippen LogP contribution in [0.1, 0.15) is 0 Å². The average Bonchev–Trinajstić information content (AvgIpc) is 2.91. The first-order valence-corrected chi connectivity index (χ1v) is 7.41. The van der Waals surface area contributed by atoms with Gasteiger partial charge in [-0.15, -0.1) is 5.10 Å². The molecule has 0 aliphatic rings. The number of nitrogen functional groups attached to an aromatic ring is 1. The summed E-state index contributed by atoms with van der Waals surface area (Å²) in [6, 6.07) is 10.7. The third-order valence-electron chi connectivity index (χ3n) is 2.89. The number of tetrazole rings is 1. The summed E-state index contributed by atoms with van der Waals surface area (Å²) in [6.07, 6.45) is 0. The molecule has 0 atom stereocenters. The predicted molar refractivity (Wildman–Crippen MR) is 86.7 cm³/mol. The summed E-state index contributed by atoms with van der Waals surface area (Å²) in [5.74, 6) is 0.455. The summed E-state index contributed by atoms with van der Waals surface area (Å²) >= 11 is 15.7. The SMILES string of the molecule is Nc1cccc(Cl)c1-c1nnnn1-c1ccc(Br)c(Cl)c1. The lowest BCUT2D eigenvalue weighted by Gasteiger charge is -2.09. The minimum Gasteiger partial charge on any atom is -0.398 e. The van der Waals surface area contributed by atoms with E-state index in [1.54, 1.807) is 24.3 Å². The van der Waals surface area contributed by atoms with Crippen LogP contribution in [0.5, 0.6) is 0 Å². The van der Waals surface area contributed by atoms with Crippen molar-refractivity contribution in [1.82, 2.24) is 20.2 Å². The maximum atomic E-state index is 6.21. The minimum absolute atomic E-state index is 0.455. The van der Waals surface area contributed by atoms with E-state index in [0.717, 1.165) is 4.47 Å². The van der Waals surface area contributed by atoms with Crippen molar-refractivity contribution in [2.75, 3.05) is 5.73 Å². The maximum absolute atomic E-state index is 6.21. The van der Waals surface area contributed by atoms with Gasteiger partial charge in [0.05, 0.1) is 21.3 Å². The summed E-state index contributed by atoms with van der Waals surface area (Å²) in [5.41, 5.74) is 7.79. The molecule has 2 N–H and O–H groups in total. The highest BCUT2D eigenvalue weighted by Crippen LogP contribution is 2.33. The van der Waals surface area contributed by atoms with Gasteiger partial charge in [-0.3, -0.25) is 0 Å². The van der Waals surface area contributed by atoms with Crippen molar-refractivity contribution in [3.05, 3.63) is 50.9 Å². The van der Waals surface area contributed by atoms with Gasteiger partial charge in [-0.25, -0.2) is 0 Å². The fraction of sp³-hybridized carbons (Fsp3) is 0. The first-order valence-electron chi connectivity index (χ1n) is 5.86. The lowest BCUT2D eigenvalue weighted by atomic mass is 10.1. The normalized spacial score (nSPS) is 10.8. The second-order valence-electron chi connectivity index (χ2n) is 4.22. The molecule has 3 rings (SSSR count). The van der Waals surface area contributed by atoms with E-state index < -0.39 is 0 Å². The molecular weight excluding hydrogens is 377 g/mol. The third-order valence-corrected chi connectivity index (χ3v) is 4.43. The number of aromatic nitrogens is 4. The molecule has 106 valence electrons. The Morgan fingerprint density at radius 3 is 2.62 bits per heavy atom. The van der Waals surface area contributed by atoms with E-state index in [9.17, 15) is 0 Å². The number of nitrogens with zero attached hydrogens (tertiary/aromatic N) is 4. The Kier molecular flexibility index (Phi) is 3.84. The second-order valence-corrected chi connectivity index (χ2v) is 5.89. The topological polar surface area (TPSA) is 69.6 Å². The highest BCUT2D eigenvalue weighted by atomic mass is 79.9. The van der Waals surface area contributed by atoms with Crippen LogP contribution in [-0.4, -0.2) is 20.2 Å². The first-order chi connectivity index (χ1) is 10.1. The van der Waals surface area contributed by atoms with Crippen molar-refractivity contribution < 1.29 is 0 Å². The summed E-state index contributed by atoms with van der Waals surface area (Å²) in [6.45, 7) is 0. The van der Waals surface area contributed by atoms with Gasteiger partial charge in [-0.1, -0.05) is 29.3 Å². The van der Waals surface area contributed by atoms with E-state index in [1.165, 1.54) is 4.68 Å². The van der Waals surface area contributed by atoms with Crippen molar-refractivity contribution >= 4 is 44.8 Å². The second kappa shape index (κ2) is 5.63. The van der Waals surface area contributed by atoms with Crippen LogP contribution in [0.4, 0.5) is 5.69 Å². The Hall–Kier alpha value is -1.63. The molecule has 5 nitrogen and oxygen atoms in total. The van der Waals surface area contributed by atoms with Crippen LogP contribution in [0.15, 0.2) is 40.9 Å². The number of halogens is 3. The molecule has 0 aliphatic carbocycles. The Bertz CT molecular complexity index is 798. The molecule has 0 radical (unpaired) electrons. The number of rotatable bonds is 2. The largest absolute Gasteiger partial charge is 0.398 e. The molecule has 0 saturated carbocycles. The fourth-order valence-corrected chi connectivity index (χ4v) is 2.60. The highest BCUT2D eigenvalue weighted by Gasteiger charge is 2.17. The van der Waals surface area contributed by atoms with Gasteiger partial charge < -0.3 is 5.73 Å². The Balaban J connectivity index is 2.20. The van der Waals surface area contributed by atoms with E-state index in [1.807, 2.05) is 12.1 Å². The zero-order valence-electron chi connectivity index (χ0n) is 10.5. The van der Waals surface area contributed by atoms with Gasteiger partial charge in [-0.05, 0) is 56.7 Å². The smallest absolute Gasteiger partial charge is 0.190 e. The van der Waals surface area contributed by atoms with Crippen LogP contribution in [0.2, 0.25) is 10.0 Å². The summed E-state index contributed by atoms with van der Waals surface area (Å²) in [4.78, 5) is 0. The van der Waals surface area contributed by atoms with Crippen molar-refractivity contribution in [3.63, 3.8) is 0 Å². The molecule has 3 aromatic rings. The van der Waals surface area contributed by atoms with Crippen molar-refractivity contribution in [3.8, 4) is 17.1 Å². The van der Waals surface area contributed by atoms with Gasteiger partial charge in [0, 0.05) is 10.2 Å². The number of hydrogen-bond donors (Lipinski definition) is 1. The number of nitrogens with two attached hydrogens (primary N) is 1. The van der Waals surface area contributed by atoms with Gasteiger partial charge in [0.15, 0.2) is 5.82 Å². The van der Waals surface area contributed by atoms with Crippen molar-refractivity contribution in [1.29, 1.82) is 0 Å². The van der Waals surface area contributed by atoms with E-state index >= 15 is 0 Å². The van der Waals surface area contributed by atoms with Crippen LogP contribution in [0.3, 0.4) is 0 Å². The maximum Gasteiger partial charge on any atom is 0.190 e. The average molecular weight is 385 g/mol. The molecule has 0 spiro atoms. The van der Waals surface area contributed by atoms with E-state index in [4.69, 9.17) is 28.9 Å². The van der Waals surface area contributed by atoms with E-state index in [0.29, 0.717) is 32.8 Å².